The largest absolute Gasteiger partial charge is 0.481 e. The van der Waals surface area contributed by atoms with Crippen molar-refractivity contribution in [1.29, 1.82) is 0 Å². The van der Waals surface area contributed by atoms with Crippen LogP contribution >= 0.6 is 0 Å². The molecule has 10 atom stereocenters. The van der Waals surface area contributed by atoms with Gasteiger partial charge in [0, 0.05) is 6.42 Å². The van der Waals surface area contributed by atoms with Crippen LogP contribution in [0.5, 0.6) is 0 Å². The molecule has 0 radical (unpaired) electrons. The highest BCUT2D eigenvalue weighted by molar-refractivity contribution is 5.67. The number of rotatable bonds is 3. The number of hydrogen-bond acceptors (Lipinski definition) is 1. The Bertz CT molecular complexity index is 872. The fraction of sp³-hybridized carbons (Fsp3) is 0.906. The SMILES string of the molecule is C=C(C)[C@@H]1CC[C@]2(C)CC[C@]3(C)[C@H](CC[C@@H]4[C@@]5(C)CC[C@H](CC(=O)O)C(C)(C)[C@@H]5CC[C@]43C)[C@@H]12. The van der Waals surface area contributed by atoms with Crippen LogP contribution in [0.15, 0.2) is 12.2 Å². The first-order valence-electron chi connectivity index (χ1n) is 14.6. The van der Waals surface area contributed by atoms with Gasteiger partial charge in [-0.3, -0.25) is 4.79 Å². The number of carbonyl (C=O) groups is 1. The lowest BCUT2D eigenvalue weighted by atomic mass is 9.32. The van der Waals surface area contributed by atoms with Gasteiger partial charge in [-0.25, -0.2) is 0 Å². The summed E-state index contributed by atoms with van der Waals surface area (Å²) in [7, 11) is 0. The van der Waals surface area contributed by atoms with Gasteiger partial charge in [-0.1, -0.05) is 53.7 Å². The van der Waals surface area contributed by atoms with Gasteiger partial charge < -0.3 is 5.11 Å². The maximum atomic E-state index is 11.7. The van der Waals surface area contributed by atoms with Crippen molar-refractivity contribution in [3.8, 4) is 0 Å². The lowest BCUT2D eigenvalue weighted by Crippen LogP contribution is -2.66. The van der Waals surface area contributed by atoms with E-state index >= 15 is 0 Å². The van der Waals surface area contributed by atoms with Crippen molar-refractivity contribution in [2.45, 2.75) is 119 Å². The molecular weight excluding hydrogens is 416 g/mol. The molecule has 1 N–H and O–H groups in total. The summed E-state index contributed by atoms with van der Waals surface area (Å²) in [5.41, 5.74) is 3.26. The first-order valence-corrected chi connectivity index (χ1v) is 14.6. The first kappa shape index (κ1) is 24.9. The normalized spacial score (nSPS) is 53.7. The van der Waals surface area contributed by atoms with Crippen LogP contribution in [0.4, 0.5) is 0 Å². The zero-order chi connectivity index (χ0) is 24.9. The van der Waals surface area contributed by atoms with Crippen molar-refractivity contribution in [2.75, 3.05) is 0 Å². The molecule has 0 aromatic rings. The van der Waals surface area contributed by atoms with Crippen molar-refractivity contribution < 1.29 is 9.90 Å². The highest BCUT2D eigenvalue weighted by Gasteiger charge is 2.70. The second-order valence-electron chi connectivity index (χ2n) is 15.5. The Morgan fingerprint density at radius 2 is 1.53 bits per heavy atom. The Kier molecular flexibility index (Phi) is 5.57. The van der Waals surface area contributed by atoms with Crippen molar-refractivity contribution in [3.05, 3.63) is 12.2 Å². The van der Waals surface area contributed by atoms with Gasteiger partial charge in [-0.2, -0.15) is 0 Å². The van der Waals surface area contributed by atoms with Gasteiger partial charge in [0.15, 0.2) is 0 Å². The molecule has 5 rings (SSSR count). The highest BCUT2D eigenvalue weighted by atomic mass is 16.4. The van der Waals surface area contributed by atoms with E-state index in [2.05, 4.69) is 55.0 Å². The van der Waals surface area contributed by atoms with Crippen LogP contribution in [0.3, 0.4) is 0 Å². The minimum absolute atomic E-state index is 0.117. The molecule has 2 heteroatoms. The van der Waals surface area contributed by atoms with E-state index in [9.17, 15) is 9.90 Å². The molecule has 5 aliphatic rings. The third-order valence-corrected chi connectivity index (χ3v) is 14.2. The van der Waals surface area contributed by atoms with E-state index in [0.717, 1.165) is 30.1 Å². The van der Waals surface area contributed by atoms with Crippen LogP contribution in [0.1, 0.15) is 119 Å². The summed E-state index contributed by atoms with van der Waals surface area (Å²) < 4.78 is 0. The number of allylic oxidation sites excluding steroid dienone is 1. The molecular formula is C32H52O2. The molecule has 5 aliphatic carbocycles. The number of aliphatic carboxylic acids is 1. The van der Waals surface area contributed by atoms with Gasteiger partial charge in [-0.05, 0) is 134 Å². The predicted octanol–water partition coefficient (Wildman–Crippen LogP) is 8.75. The topological polar surface area (TPSA) is 37.3 Å². The molecule has 192 valence electrons. The van der Waals surface area contributed by atoms with E-state index in [-0.39, 0.29) is 5.41 Å². The van der Waals surface area contributed by atoms with Gasteiger partial charge in [0.1, 0.15) is 0 Å². The van der Waals surface area contributed by atoms with Gasteiger partial charge in [0.2, 0.25) is 0 Å². The maximum Gasteiger partial charge on any atom is 0.303 e. The van der Waals surface area contributed by atoms with Crippen molar-refractivity contribution in [3.63, 3.8) is 0 Å². The Hall–Kier alpha value is -0.790. The van der Waals surface area contributed by atoms with E-state index in [1.54, 1.807) is 0 Å². The molecule has 0 aliphatic heterocycles. The number of hydrogen-bond donors (Lipinski definition) is 1. The molecule has 5 saturated carbocycles. The lowest BCUT2D eigenvalue weighted by molar-refractivity contribution is -0.241. The van der Waals surface area contributed by atoms with Crippen molar-refractivity contribution >= 4 is 5.97 Å². The Labute approximate surface area is 209 Å². The molecule has 0 spiro atoms. The predicted molar refractivity (Wildman–Crippen MR) is 140 cm³/mol. The van der Waals surface area contributed by atoms with Gasteiger partial charge in [0.25, 0.3) is 0 Å². The number of carboxylic acids is 1. The average molecular weight is 469 g/mol. The van der Waals surface area contributed by atoms with E-state index in [1.165, 1.54) is 63.4 Å². The van der Waals surface area contributed by atoms with Crippen LogP contribution in [-0.4, -0.2) is 11.1 Å². The third kappa shape index (κ3) is 3.08. The Morgan fingerprint density at radius 3 is 2.18 bits per heavy atom. The summed E-state index contributed by atoms with van der Waals surface area (Å²) in [4.78, 5) is 11.7. The fourth-order valence-electron chi connectivity index (χ4n) is 12.1. The summed E-state index contributed by atoms with van der Waals surface area (Å²) in [6.45, 7) is 22.3. The Morgan fingerprint density at radius 1 is 0.824 bits per heavy atom. The number of fused-ring (bicyclic) bond motifs is 7. The monoisotopic (exact) mass is 468 g/mol. The summed E-state index contributed by atoms with van der Waals surface area (Å²) in [6, 6.07) is 0. The molecule has 0 unspecified atom stereocenters. The van der Waals surface area contributed by atoms with Gasteiger partial charge >= 0.3 is 5.97 Å². The van der Waals surface area contributed by atoms with E-state index in [1.807, 2.05) is 0 Å². The van der Waals surface area contributed by atoms with Crippen molar-refractivity contribution in [2.24, 2.45) is 62.6 Å². The summed E-state index contributed by atoms with van der Waals surface area (Å²) in [5, 5.41) is 9.60. The smallest absolute Gasteiger partial charge is 0.303 e. The minimum Gasteiger partial charge on any atom is -0.481 e. The molecule has 2 nitrogen and oxygen atoms in total. The van der Waals surface area contributed by atoms with Gasteiger partial charge in [0.05, 0.1) is 0 Å². The highest BCUT2D eigenvalue weighted by Crippen LogP contribution is 2.77. The zero-order valence-electron chi connectivity index (χ0n) is 23.3. The lowest BCUT2D eigenvalue weighted by Gasteiger charge is -2.73. The first-order chi connectivity index (χ1) is 15.7. The molecule has 5 fully saturated rings. The van der Waals surface area contributed by atoms with E-state index in [4.69, 9.17) is 0 Å². The maximum absolute atomic E-state index is 11.7. The standard InChI is InChI=1S/C32H52O2/c1-20(2)22-12-14-29(5)17-18-31(7)23(27(22)29)9-10-25-30(6)15-11-21(19-26(33)34)28(3,4)24(30)13-16-32(25,31)8/h21-25,27H,1,9-19H2,2-8H3,(H,33,34)/t21-,22+,23-,24+,25-,27-,29-,30+,31-,32-/m1/s1. The molecule has 0 bridgehead atoms. The van der Waals surface area contributed by atoms with E-state index in [0.29, 0.717) is 39.9 Å². The third-order valence-electron chi connectivity index (χ3n) is 14.2. The second kappa shape index (κ2) is 7.61. The Balaban J connectivity index is 1.50. The fourth-order valence-corrected chi connectivity index (χ4v) is 12.1. The summed E-state index contributed by atoms with van der Waals surface area (Å²) in [6.07, 6.45) is 13.7. The summed E-state index contributed by atoms with van der Waals surface area (Å²) >= 11 is 0. The zero-order valence-corrected chi connectivity index (χ0v) is 23.3. The number of carboxylic acid groups (broad SMARTS) is 1. The average Bonchev–Trinajstić information content (AvgIpc) is 3.08. The van der Waals surface area contributed by atoms with E-state index < -0.39 is 5.97 Å². The molecule has 34 heavy (non-hydrogen) atoms. The van der Waals surface area contributed by atoms with Gasteiger partial charge in [-0.15, -0.1) is 0 Å². The van der Waals surface area contributed by atoms with Crippen LogP contribution in [0.25, 0.3) is 0 Å². The van der Waals surface area contributed by atoms with Crippen LogP contribution in [0, 0.1) is 62.6 Å². The molecule has 0 aromatic heterocycles. The minimum atomic E-state index is -0.607. The second-order valence-corrected chi connectivity index (χ2v) is 15.5. The molecule has 0 aromatic carbocycles. The molecule has 0 amide bonds. The van der Waals surface area contributed by atoms with Crippen LogP contribution in [0.2, 0.25) is 0 Å². The van der Waals surface area contributed by atoms with Crippen LogP contribution in [-0.2, 0) is 4.79 Å². The quantitative estimate of drug-likeness (QED) is 0.420. The van der Waals surface area contributed by atoms with Crippen LogP contribution < -0.4 is 0 Å². The molecule has 0 heterocycles. The summed E-state index contributed by atoms with van der Waals surface area (Å²) in [5.74, 6) is 3.54. The molecule has 0 saturated heterocycles. The van der Waals surface area contributed by atoms with Crippen molar-refractivity contribution in [1.82, 2.24) is 0 Å².